The first-order valence-corrected chi connectivity index (χ1v) is 7.58. The van der Waals surface area contributed by atoms with Crippen LogP contribution in [0.25, 0.3) is 22.4 Å². The quantitative estimate of drug-likeness (QED) is 0.715. The van der Waals surface area contributed by atoms with Crippen LogP contribution in [0.5, 0.6) is 0 Å². The molecule has 0 amide bonds. The zero-order valence-electron chi connectivity index (χ0n) is 11.3. The summed E-state index contributed by atoms with van der Waals surface area (Å²) in [5.41, 5.74) is 9.79. The van der Waals surface area contributed by atoms with Gasteiger partial charge < -0.3 is 5.73 Å². The lowest BCUT2D eigenvalue weighted by Gasteiger charge is -2.06. The summed E-state index contributed by atoms with van der Waals surface area (Å²) >= 11 is 9.75. The average molecular weight is 363 g/mol. The Morgan fingerprint density at radius 1 is 1.10 bits per heavy atom. The summed E-state index contributed by atoms with van der Waals surface area (Å²) in [5.74, 6) is 0.618. The number of hydrogen-bond acceptors (Lipinski definition) is 2. The highest BCUT2D eigenvalue weighted by atomic mass is 79.9. The maximum Gasteiger partial charge on any atom is 0.129 e. The Bertz CT molecular complexity index is 794. The zero-order chi connectivity index (χ0) is 15.0. The topological polar surface area (TPSA) is 43.8 Å². The molecule has 0 aliphatic heterocycles. The first kappa shape index (κ1) is 14.2. The van der Waals surface area contributed by atoms with Crippen molar-refractivity contribution in [2.24, 2.45) is 7.05 Å². The van der Waals surface area contributed by atoms with Gasteiger partial charge in [0.05, 0.1) is 10.6 Å². The van der Waals surface area contributed by atoms with Crippen LogP contribution >= 0.6 is 27.5 Å². The third-order valence-electron chi connectivity index (χ3n) is 3.35. The Kier molecular flexibility index (Phi) is 3.74. The van der Waals surface area contributed by atoms with E-state index in [9.17, 15) is 0 Å². The van der Waals surface area contributed by atoms with Crippen LogP contribution in [-0.4, -0.2) is 9.78 Å². The van der Waals surface area contributed by atoms with Crippen molar-refractivity contribution in [2.45, 2.75) is 0 Å². The van der Waals surface area contributed by atoms with E-state index < -0.39 is 0 Å². The summed E-state index contributed by atoms with van der Waals surface area (Å²) < 4.78 is 2.70. The fourth-order valence-electron chi connectivity index (χ4n) is 2.28. The fraction of sp³-hybridized carbons (Fsp3) is 0.0625. The third kappa shape index (κ3) is 2.57. The molecule has 3 aromatic rings. The molecule has 1 aromatic heterocycles. The van der Waals surface area contributed by atoms with Gasteiger partial charge in [0.1, 0.15) is 11.5 Å². The van der Waals surface area contributed by atoms with E-state index in [4.69, 9.17) is 17.3 Å². The molecule has 2 N–H and O–H groups in total. The fourth-order valence-corrected chi connectivity index (χ4v) is 2.77. The van der Waals surface area contributed by atoms with Gasteiger partial charge in [-0.3, -0.25) is 4.68 Å². The third-order valence-corrected chi connectivity index (χ3v) is 4.21. The number of aryl methyl sites for hydroxylation is 1. The van der Waals surface area contributed by atoms with Gasteiger partial charge in [0.2, 0.25) is 0 Å². The Hall–Kier alpha value is -1.78. The Balaban J connectivity index is 2.26. The lowest BCUT2D eigenvalue weighted by atomic mass is 10.0. The van der Waals surface area contributed by atoms with Crippen LogP contribution in [0, 0.1) is 0 Å². The predicted octanol–water partition coefficient (Wildman–Crippen LogP) is 4.75. The predicted molar refractivity (Wildman–Crippen MR) is 91.2 cm³/mol. The van der Waals surface area contributed by atoms with Crippen molar-refractivity contribution in [3.05, 3.63) is 58.0 Å². The van der Waals surface area contributed by atoms with Crippen molar-refractivity contribution in [1.29, 1.82) is 0 Å². The second-order valence-corrected chi connectivity index (χ2v) is 6.04. The Morgan fingerprint density at radius 2 is 1.76 bits per heavy atom. The van der Waals surface area contributed by atoms with E-state index in [0.29, 0.717) is 10.8 Å². The summed E-state index contributed by atoms with van der Waals surface area (Å²) in [6, 6.07) is 15.6. The van der Waals surface area contributed by atoms with Crippen LogP contribution in [0.4, 0.5) is 5.82 Å². The molecule has 0 spiro atoms. The van der Waals surface area contributed by atoms with Gasteiger partial charge >= 0.3 is 0 Å². The summed E-state index contributed by atoms with van der Waals surface area (Å²) in [4.78, 5) is 0. The van der Waals surface area contributed by atoms with Crippen molar-refractivity contribution < 1.29 is 0 Å². The van der Waals surface area contributed by atoms with Gasteiger partial charge in [-0.1, -0.05) is 57.9 Å². The second kappa shape index (κ2) is 5.54. The minimum absolute atomic E-state index is 0.618. The number of nitrogens with two attached hydrogens (primary N) is 1. The SMILES string of the molecule is Cn1nc(-c2ccccc2Cl)c(-c2ccc(Br)cc2)c1N. The monoisotopic (exact) mass is 361 g/mol. The maximum atomic E-state index is 6.31. The number of hydrogen-bond donors (Lipinski definition) is 1. The highest BCUT2D eigenvalue weighted by Gasteiger charge is 2.18. The van der Waals surface area contributed by atoms with Crippen molar-refractivity contribution in [3.63, 3.8) is 0 Å². The van der Waals surface area contributed by atoms with Gasteiger partial charge in [0.25, 0.3) is 0 Å². The molecular weight excluding hydrogens is 350 g/mol. The number of nitrogens with zero attached hydrogens (tertiary/aromatic N) is 2. The van der Waals surface area contributed by atoms with Crippen LogP contribution in [0.15, 0.2) is 53.0 Å². The van der Waals surface area contributed by atoms with Crippen LogP contribution in [0.2, 0.25) is 5.02 Å². The van der Waals surface area contributed by atoms with Crippen molar-refractivity contribution in [2.75, 3.05) is 5.73 Å². The maximum absolute atomic E-state index is 6.31. The first-order chi connectivity index (χ1) is 10.1. The van der Waals surface area contributed by atoms with E-state index in [0.717, 1.165) is 26.9 Å². The summed E-state index contributed by atoms with van der Waals surface area (Å²) in [7, 11) is 1.83. The smallest absolute Gasteiger partial charge is 0.129 e. The molecule has 0 saturated carbocycles. The minimum Gasteiger partial charge on any atom is -0.383 e. The van der Waals surface area contributed by atoms with Gasteiger partial charge in [-0.25, -0.2) is 0 Å². The molecule has 0 bridgehead atoms. The molecule has 0 radical (unpaired) electrons. The van der Waals surface area contributed by atoms with E-state index in [-0.39, 0.29) is 0 Å². The molecular formula is C16H13BrClN3. The van der Waals surface area contributed by atoms with E-state index in [2.05, 4.69) is 21.0 Å². The summed E-state index contributed by atoms with van der Waals surface area (Å²) in [6.45, 7) is 0. The van der Waals surface area contributed by atoms with Gasteiger partial charge in [-0.05, 0) is 23.8 Å². The van der Waals surface area contributed by atoms with E-state index in [1.165, 1.54) is 0 Å². The highest BCUT2D eigenvalue weighted by molar-refractivity contribution is 9.10. The average Bonchev–Trinajstić information content (AvgIpc) is 2.76. The number of benzene rings is 2. The van der Waals surface area contributed by atoms with Gasteiger partial charge in [0, 0.05) is 17.1 Å². The first-order valence-electron chi connectivity index (χ1n) is 6.41. The number of aromatic nitrogens is 2. The number of rotatable bonds is 2. The normalized spacial score (nSPS) is 10.8. The Labute approximate surface area is 136 Å². The van der Waals surface area contributed by atoms with E-state index >= 15 is 0 Å². The van der Waals surface area contributed by atoms with E-state index in [1.54, 1.807) is 4.68 Å². The molecule has 1 heterocycles. The summed E-state index contributed by atoms with van der Waals surface area (Å²) in [6.07, 6.45) is 0. The summed E-state index contributed by atoms with van der Waals surface area (Å²) in [5, 5.41) is 5.20. The molecule has 3 nitrogen and oxygen atoms in total. The van der Waals surface area contributed by atoms with Crippen LogP contribution < -0.4 is 5.73 Å². The molecule has 0 saturated heterocycles. The molecule has 0 aliphatic rings. The van der Waals surface area contributed by atoms with Crippen molar-refractivity contribution >= 4 is 33.3 Å². The molecule has 0 atom stereocenters. The van der Waals surface area contributed by atoms with Gasteiger partial charge in [-0.2, -0.15) is 5.10 Å². The highest BCUT2D eigenvalue weighted by Crippen LogP contribution is 2.38. The molecule has 0 fully saturated rings. The molecule has 21 heavy (non-hydrogen) atoms. The largest absolute Gasteiger partial charge is 0.383 e. The van der Waals surface area contributed by atoms with Crippen molar-refractivity contribution in [1.82, 2.24) is 9.78 Å². The van der Waals surface area contributed by atoms with Gasteiger partial charge in [-0.15, -0.1) is 0 Å². The molecule has 106 valence electrons. The van der Waals surface area contributed by atoms with Crippen LogP contribution in [0.3, 0.4) is 0 Å². The molecule has 0 unspecified atom stereocenters. The van der Waals surface area contributed by atoms with Crippen LogP contribution in [0.1, 0.15) is 0 Å². The standard InChI is InChI=1S/C16H13BrClN3/c1-21-16(19)14(10-6-8-11(17)9-7-10)15(20-21)12-4-2-3-5-13(12)18/h2-9H,19H2,1H3. The molecule has 3 rings (SSSR count). The number of anilines is 1. The zero-order valence-corrected chi connectivity index (χ0v) is 13.7. The van der Waals surface area contributed by atoms with E-state index in [1.807, 2.05) is 55.6 Å². The van der Waals surface area contributed by atoms with Gasteiger partial charge in [0.15, 0.2) is 0 Å². The number of nitrogen functional groups attached to an aromatic ring is 1. The van der Waals surface area contributed by atoms with Crippen LogP contribution in [-0.2, 0) is 7.05 Å². The van der Waals surface area contributed by atoms with Crippen molar-refractivity contribution in [3.8, 4) is 22.4 Å². The lowest BCUT2D eigenvalue weighted by molar-refractivity contribution is 0.782. The lowest BCUT2D eigenvalue weighted by Crippen LogP contribution is -1.97. The second-order valence-electron chi connectivity index (χ2n) is 4.72. The molecule has 0 aliphatic carbocycles. The molecule has 5 heteroatoms. The minimum atomic E-state index is 0.618. The molecule has 2 aromatic carbocycles. The number of halogens is 2. The Morgan fingerprint density at radius 3 is 2.43 bits per heavy atom.